The van der Waals surface area contributed by atoms with E-state index in [0.717, 1.165) is 11.1 Å². The van der Waals surface area contributed by atoms with Crippen LogP contribution in [0.1, 0.15) is 0 Å². The van der Waals surface area contributed by atoms with Gasteiger partial charge in [0.2, 0.25) is 0 Å². The van der Waals surface area contributed by atoms with Crippen molar-refractivity contribution in [2.24, 2.45) is 0 Å². The first-order valence-electron chi connectivity index (χ1n) is 6.67. The Labute approximate surface area is 123 Å². The van der Waals surface area contributed by atoms with Gasteiger partial charge in [-0.25, -0.2) is 4.98 Å². The van der Waals surface area contributed by atoms with E-state index in [4.69, 9.17) is 9.47 Å². The molecule has 21 heavy (non-hydrogen) atoms. The molecule has 1 aromatic heterocycles. The number of carbonyl (C=O) groups is 1. The lowest BCUT2D eigenvalue weighted by Gasteiger charge is -2.06. The summed E-state index contributed by atoms with van der Waals surface area (Å²) in [6.45, 7) is 0.854. The van der Waals surface area contributed by atoms with Crippen molar-refractivity contribution in [3.8, 4) is 11.1 Å². The Morgan fingerprint density at radius 2 is 1.90 bits per heavy atom. The van der Waals surface area contributed by atoms with Crippen molar-refractivity contribution in [1.29, 1.82) is 0 Å². The topological polar surface area (TPSA) is 60.5 Å². The number of methoxy groups -OCH3 is 1. The molecule has 1 amide bonds. The number of pyridine rings is 1. The molecular formula is C16H18N2O3. The second-order valence-electron chi connectivity index (χ2n) is 4.39. The Morgan fingerprint density at radius 3 is 2.57 bits per heavy atom. The predicted molar refractivity (Wildman–Crippen MR) is 81.0 cm³/mol. The average molecular weight is 286 g/mol. The summed E-state index contributed by atoms with van der Waals surface area (Å²) in [4.78, 5) is 15.8. The van der Waals surface area contributed by atoms with E-state index in [1.54, 1.807) is 19.4 Å². The quantitative estimate of drug-likeness (QED) is 0.794. The third-order valence-electron chi connectivity index (χ3n) is 2.80. The second-order valence-corrected chi connectivity index (χ2v) is 4.39. The van der Waals surface area contributed by atoms with Crippen LogP contribution in [0.4, 0.5) is 5.82 Å². The van der Waals surface area contributed by atoms with Gasteiger partial charge in [0, 0.05) is 18.9 Å². The zero-order valence-corrected chi connectivity index (χ0v) is 11.9. The van der Waals surface area contributed by atoms with E-state index >= 15 is 0 Å². The Bertz CT molecular complexity index is 555. The van der Waals surface area contributed by atoms with Gasteiger partial charge >= 0.3 is 0 Å². The third-order valence-corrected chi connectivity index (χ3v) is 2.80. The van der Waals surface area contributed by atoms with E-state index in [1.165, 1.54) is 0 Å². The summed E-state index contributed by atoms with van der Waals surface area (Å²) >= 11 is 0. The molecule has 110 valence electrons. The average Bonchev–Trinajstić information content (AvgIpc) is 2.53. The minimum atomic E-state index is -0.230. The first-order valence-corrected chi connectivity index (χ1v) is 6.67. The van der Waals surface area contributed by atoms with Crippen LogP contribution < -0.4 is 5.32 Å². The molecule has 1 N–H and O–H groups in total. The summed E-state index contributed by atoms with van der Waals surface area (Å²) in [5, 5.41) is 2.68. The van der Waals surface area contributed by atoms with E-state index in [-0.39, 0.29) is 12.5 Å². The number of benzene rings is 1. The smallest absolute Gasteiger partial charge is 0.251 e. The molecular weight excluding hydrogens is 268 g/mol. The Kier molecular flexibility index (Phi) is 5.87. The summed E-state index contributed by atoms with van der Waals surface area (Å²) in [5.74, 6) is 0.279. The molecule has 0 spiro atoms. The number of nitrogens with one attached hydrogen (secondary N) is 1. The van der Waals surface area contributed by atoms with E-state index in [0.29, 0.717) is 19.0 Å². The van der Waals surface area contributed by atoms with Gasteiger partial charge in [0.1, 0.15) is 12.4 Å². The van der Waals surface area contributed by atoms with Crippen LogP contribution in [0.15, 0.2) is 48.7 Å². The number of aromatic nitrogens is 1. The summed E-state index contributed by atoms with van der Waals surface area (Å²) < 4.78 is 9.96. The number of hydrogen-bond acceptors (Lipinski definition) is 4. The highest BCUT2D eigenvalue weighted by Gasteiger charge is 2.04. The van der Waals surface area contributed by atoms with Gasteiger partial charge in [-0.1, -0.05) is 30.3 Å². The molecule has 5 nitrogen and oxygen atoms in total. The standard InChI is InChI=1S/C16H18N2O3/c1-20-9-10-21-12-16(19)18-15-8-7-14(11-17-15)13-5-3-2-4-6-13/h2-8,11H,9-10,12H2,1H3,(H,17,18,19). The largest absolute Gasteiger partial charge is 0.382 e. The molecule has 0 saturated heterocycles. The second kappa shape index (κ2) is 8.14. The van der Waals surface area contributed by atoms with Gasteiger partial charge in [0.25, 0.3) is 5.91 Å². The molecule has 0 aliphatic carbocycles. The minimum absolute atomic E-state index is 0.00846. The molecule has 0 unspecified atom stereocenters. The Hall–Kier alpha value is -2.24. The number of hydrogen-bond donors (Lipinski definition) is 1. The molecule has 1 aromatic carbocycles. The van der Waals surface area contributed by atoms with Gasteiger partial charge in [0.05, 0.1) is 13.2 Å². The van der Waals surface area contributed by atoms with Gasteiger partial charge in [0.15, 0.2) is 0 Å². The normalized spacial score (nSPS) is 10.3. The fraction of sp³-hybridized carbons (Fsp3) is 0.250. The molecule has 0 aliphatic rings. The van der Waals surface area contributed by atoms with Gasteiger partial charge in [-0.15, -0.1) is 0 Å². The maximum Gasteiger partial charge on any atom is 0.251 e. The molecule has 0 aliphatic heterocycles. The minimum Gasteiger partial charge on any atom is -0.382 e. The molecule has 2 aromatic rings. The molecule has 0 bridgehead atoms. The SMILES string of the molecule is COCCOCC(=O)Nc1ccc(-c2ccccc2)cn1. The van der Waals surface area contributed by atoms with Crippen LogP contribution in [0.2, 0.25) is 0 Å². The molecule has 1 heterocycles. The van der Waals surface area contributed by atoms with Crippen molar-refractivity contribution in [3.05, 3.63) is 48.7 Å². The first kappa shape index (κ1) is 15.2. The lowest BCUT2D eigenvalue weighted by atomic mass is 10.1. The van der Waals surface area contributed by atoms with Crippen molar-refractivity contribution in [2.45, 2.75) is 0 Å². The van der Waals surface area contributed by atoms with E-state index in [1.807, 2.05) is 36.4 Å². The number of anilines is 1. The van der Waals surface area contributed by atoms with Crippen LogP contribution in [-0.2, 0) is 14.3 Å². The van der Waals surface area contributed by atoms with Gasteiger partial charge < -0.3 is 14.8 Å². The maximum absolute atomic E-state index is 11.6. The van der Waals surface area contributed by atoms with Gasteiger partial charge in [-0.3, -0.25) is 4.79 Å². The fourth-order valence-corrected chi connectivity index (χ4v) is 1.76. The van der Waals surface area contributed by atoms with Crippen LogP contribution in [-0.4, -0.2) is 37.8 Å². The summed E-state index contributed by atoms with van der Waals surface area (Å²) in [5.41, 5.74) is 2.09. The first-order chi connectivity index (χ1) is 10.3. The summed E-state index contributed by atoms with van der Waals surface area (Å²) in [7, 11) is 1.58. The van der Waals surface area contributed by atoms with E-state index < -0.39 is 0 Å². The Morgan fingerprint density at radius 1 is 1.10 bits per heavy atom. The number of nitrogens with zero attached hydrogens (tertiary/aromatic N) is 1. The molecule has 0 atom stereocenters. The molecule has 0 fully saturated rings. The number of rotatable bonds is 7. The predicted octanol–water partition coefficient (Wildman–Crippen LogP) is 2.35. The maximum atomic E-state index is 11.6. The third kappa shape index (κ3) is 4.98. The van der Waals surface area contributed by atoms with E-state index in [9.17, 15) is 4.79 Å². The van der Waals surface area contributed by atoms with Crippen LogP contribution in [0, 0.1) is 0 Å². The summed E-state index contributed by atoms with van der Waals surface area (Å²) in [6.07, 6.45) is 1.73. The number of carbonyl (C=O) groups excluding carboxylic acids is 1. The zero-order chi connectivity index (χ0) is 14.9. The molecule has 2 rings (SSSR count). The van der Waals surface area contributed by atoms with Crippen LogP contribution >= 0.6 is 0 Å². The van der Waals surface area contributed by atoms with Gasteiger partial charge in [-0.2, -0.15) is 0 Å². The molecule has 5 heteroatoms. The lowest BCUT2D eigenvalue weighted by molar-refractivity contribution is -0.121. The van der Waals surface area contributed by atoms with Crippen molar-refractivity contribution in [2.75, 3.05) is 32.2 Å². The van der Waals surface area contributed by atoms with E-state index in [2.05, 4.69) is 10.3 Å². The van der Waals surface area contributed by atoms with Crippen LogP contribution in [0.5, 0.6) is 0 Å². The summed E-state index contributed by atoms with van der Waals surface area (Å²) in [6, 6.07) is 13.6. The molecule has 0 saturated carbocycles. The zero-order valence-electron chi connectivity index (χ0n) is 11.9. The highest BCUT2D eigenvalue weighted by molar-refractivity contribution is 5.90. The lowest BCUT2D eigenvalue weighted by Crippen LogP contribution is -2.20. The van der Waals surface area contributed by atoms with Crippen molar-refractivity contribution >= 4 is 11.7 Å². The van der Waals surface area contributed by atoms with Crippen LogP contribution in [0.25, 0.3) is 11.1 Å². The van der Waals surface area contributed by atoms with Crippen molar-refractivity contribution in [3.63, 3.8) is 0 Å². The fourth-order valence-electron chi connectivity index (χ4n) is 1.76. The number of ether oxygens (including phenoxy) is 2. The van der Waals surface area contributed by atoms with Gasteiger partial charge in [-0.05, 0) is 17.7 Å². The highest BCUT2D eigenvalue weighted by atomic mass is 16.5. The number of amides is 1. The van der Waals surface area contributed by atoms with Crippen molar-refractivity contribution in [1.82, 2.24) is 4.98 Å². The highest BCUT2D eigenvalue weighted by Crippen LogP contribution is 2.18. The molecule has 0 radical (unpaired) electrons. The Balaban J connectivity index is 1.86. The monoisotopic (exact) mass is 286 g/mol. The van der Waals surface area contributed by atoms with Crippen molar-refractivity contribution < 1.29 is 14.3 Å². The van der Waals surface area contributed by atoms with Crippen LogP contribution in [0.3, 0.4) is 0 Å².